The molecule has 0 aliphatic rings. The molecule has 0 bridgehead atoms. The van der Waals surface area contributed by atoms with Gasteiger partial charge in [0.2, 0.25) is 0 Å². The Morgan fingerprint density at radius 2 is 1.81 bits per heavy atom. The first-order chi connectivity index (χ1) is 9.82. The van der Waals surface area contributed by atoms with Crippen LogP contribution < -0.4 is 14.8 Å². The van der Waals surface area contributed by atoms with E-state index in [-0.39, 0.29) is 17.1 Å². The first kappa shape index (κ1) is 17.7. The second-order valence-corrected chi connectivity index (χ2v) is 7.01. The zero-order chi connectivity index (χ0) is 16.0. The largest absolute Gasteiger partial charge is 0.493 e. The highest BCUT2D eigenvalue weighted by atomic mass is 32.2. The first-order valence-corrected chi connectivity index (χ1v) is 8.71. The summed E-state index contributed by atoms with van der Waals surface area (Å²) in [7, 11) is -0.389. The molecule has 5 nitrogen and oxygen atoms in total. The molecule has 0 aromatic heterocycles. The fraction of sp³-hybridized carbons (Fsp3) is 0.571. The lowest BCUT2D eigenvalue weighted by molar-refractivity contribution is 0.350. The van der Waals surface area contributed by atoms with Gasteiger partial charge in [-0.2, -0.15) is 0 Å². The van der Waals surface area contributed by atoms with Gasteiger partial charge in [-0.1, -0.05) is 6.92 Å². The van der Waals surface area contributed by atoms with Crippen molar-refractivity contribution in [2.24, 2.45) is 0 Å². The van der Waals surface area contributed by atoms with E-state index in [0.717, 1.165) is 12.7 Å². The van der Waals surface area contributed by atoms with Gasteiger partial charge in [0, 0.05) is 23.9 Å². The summed E-state index contributed by atoms with van der Waals surface area (Å²) in [6.45, 7) is 2.55. The van der Waals surface area contributed by atoms with E-state index >= 15 is 0 Å². The third-order valence-corrected chi connectivity index (χ3v) is 3.93. The molecule has 1 atom stereocenters. The van der Waals surface area contributed by atoms with Crippen molar-refractivity contribution < 1.29 is 22.3 Å². The van der Waals surface area contributed by atoms with Crippen molar-refractivity contribution in [3.8, 4) is 11.5 Å². The van der Waals surface area contributed by atoms with Gasteiger partial charge in [-0.25, -0.2) is 12.8 Å². The van der Waals surface area contributed by atoms with Crippen LogP contribution in [-0.4, -0.2) is 41.2 Å². The van der Waals surface area contributed by atoms with Crippen LogP contribution in [0.5, 0.6) is 11.5 Å². The zero-order valence-electron chi connectivity index (χ0n) is 12.8. The molecule has 0 fully saturated rings. The molecule has 1 N–H and O–H groups in total. The van der Waals surface area contributed by atoms with Gasteiger partial charge in [-0.3, -0.25) is 0 Å². The van der Waals surface area contributed by atoms with Crippen LogP contribution in [-0.2, 0) is 9.84 Å². The molecular weight excluding hydrogens is 297 g/mol. The van der Waals surface area contributed by atoms with Crippen molar-refractivity contribution in [3.63, 3.8) is 0 Å². The van der Waals surface area contributed by atoms with Gasteiger partial charge in [0.05, 0.1) is 20.0 Å². The summed E-state index contributed by atoms with van der Waals surface area (Å²) in [4.78, 5) is 0. The number of nitrogens with one attached hydrogen (secondary N) is 1. The first-order valence-electron chi connectivity index (χ1n) is 6.64. The molecule has 1 unspecified atom stereocenters. The van der Waals surface area contributed by atoms with Crippen LogP contribution in [0.3, 0.4) is 0 Å². The van der Waals surface area contributed by atoms with E-state index < -0.39 is 21.7 Å². The molecule has 0 saturated heterocycles. The Labute approximate surface area is 125 Å². The van der Waals surface area contributed by atoms with Crippen LogP contribution in [0.15, 0.2) is 12.1 Å². The quantitative estimate of drug-likeness (QED) is 0.793. The van der Waals surface area contributed by atoms with Crippen molar-refractivity contribution in [1.82, 2.24) is 5.32 Å². The Morgan fingerprint density at radius 1 is 1.24 bits per heavy atom. The highest BCUT2D eigenvalue weighted by molar-refractivity contribution is 7.90. The zero-order valence-corrected chi connectivity index (χ0v) is 13.6. The lowest BCUT2D eigenvalue weighted by Gasteiger charge is -2.20. The fourth-order valence-electron chi connectivity index (χ4n) is 2.02. The van der Waals surface area contributed by atoms with Gasteiger partial charge in [0.1, 0.15) is 15.7 Å². The van der Waals surface area contributed by atoms with Gasteiger partial charge in [0.25, 0.3) is 0 Å². The molecule has 0 spiro atoms. The van der Waals surface area contributed by atoms with Crippen LogP contribution >= 0.6 is 0 Å². The van der Waals surface area contributed by atoms with E-state index in [2.05, 4.69) is 5.32 Å². The third-order valence-electron chi connectivity index (χ3n) is 2.99. The highest BCUT2D eigenvalue weighted by Gasteiger charge is 2.22. The molecular formula is C14H22FNO4S. The summed E-state index contributed by atoms with van der Waals surface area (Å²) in [5.41, 5.74) is 0.256. The van der Waals surface area contributed by atoms with Gasteiger partial charge in [-0.05, 0) is 19.0 Å². The summed E-state index contributed by atoms with van der Waals surface area (Å²) in [5.74, 6) is -0.0673. The molecule has 120 valence electrons. The summed E-state index contributed by atoms with van der Waals surface area (Å²) in [6, 6.07) is 2.06. The smallest absolute Gasteiger partial charge is 0.163 e. The highest BCUT2D eigenvalue weighted by Crippen LogP contribution is 2.32. The maximum atomic E-state index is 14.2. The van der Waals surface area contributed by atoms with E-state index in [1.165, 1.54) is 26.4 Å². The standard InChI is InChI=1S/C14H22FNO4S/c1-5-6-16-12(9-21(4,17)18)10-7-13(19-2)14(20-3)8-11(10)15/h7-8,12,16H,5-6,9H2,1-4H3. The van der Waals surface area contributed by atoms with Gasteiger partial charge in [0.15, 0.2) is 11.5 Å². The molecule has 0 saturated carbocycles. The number of benzene rings is 1. The minimum atomic E-state index is -3.26. The number of methoxy groups -OCH3 is 2. The molecule has 7 heteroatoms. The second kappa shape index (κ2) is 7.61. The van der Waals surface area contributed by atoms with Gasteiger partial charge in [-0.15, -0.1) is 0 Å². The van der Waals surface area contributed by atoms with Gasteiger partial charge < -0.3 is 14.8 Å². The van der Waals surface area contributed by atoms with E-state index in [0.29, 0.717) is 12.3 Å². The van der Waals surface area contributed by atoms with Crippen LogP contribution in [0.1, 0.15) is 24.9 Å². The number of halogens is 1. The van der Waals surface area contributed by atoms with Crippen LogP contribution in [0.4, 0.5) is 4.39 Å². The molecule has 0 aliphatic carbocycles. The Balaban J connectivity index is 3.22. The fourth-order valence-corrected chi connectivity index (χ4v) is 2.92. The SMILES string of the molecule is CCCNC(CS(C)(=O)=O)c1cc(OC)c(OC)cc1F. The number of hydrogen-bond donors (Lipinski definition) is 1. The Hall–Kier alpha value is -1.34. The normalized spacial score (nSPS) is 13.0. The lowest BCUT2D eigenvalue weighted by atomic mass is 10.1. The third kappa shape index (κ3) is 5.17. The number of ether oxygens (including phenoxy) is 2. The summed E-state index contributed by atoms with van der Waals surface area (Å²) in [5, 5.41) is 3.06. The number of rotatable bonds is 8. The van der Waals surface area contributed by atoms with Crippen LogP contribution in [0, 0.1) is 5.82 Å². The van der Waals surface area contributed by atoms with E-state index in [1.54, 1.807) is 0 Å². The van der Waals surface area contributed by atoms with Crippen molar-refractivity contribution >= 4 is 9.84 Å². The second-order valence-electron chi connectivity index (χ2n) is 4.83. The predicted molar refractivity (Wildman–Crippen MR) is 80.2 cm³/mol. The van der Waals surface area contributed by atoms with Gasteiger partial charge >= 0.3 is 0 Å². The average Bonchev–Trinajstić information content (AvgIpc) is 2.42. The molecule has 1 aromatic rings. The van der Waals surface area contributed by atoms with Crippen molar-refractivity contribution in [2.75, 3.05) is 32.8 Å². The number of sulfone groups is 1. The monoisotopic (exact) mass is 319 g/mol. The lowest BCUT2D eigenvalue weighted by Crippen LogP contribution is -2.29. The average molecular weight is 319 g/mol. The van der Waals surface area contributed by atoms with Crippen molar-refractivity contribution in [2.45, 2.75) is 19.4 Å². The summed E-state index contributed by atoms with van der Waals surface area (Å²) >= 11 is 0. The minimum absolute atomic E-state index is 0.181. The molecule has 21 heavy (non-hydrogen) atoms. The van der Waals surface area contributed by atoms with Crippen LogP contribution in [0.2, 0.25) is 0 Å². The Morgan fingerprint density at radius 3 is 2.29 bits per heavy atom. The molecule has 0 aliphatic heterocycles. The minimum Gasteiger partial charge on any atom is -0.493 e. The molecule has 0 radical (unpaired) electrons. The topological polar surface area (TPSA) is 64.6 Å². The Kier molecular flexibility index (Phi) is 6.42. The van der Waals surface area contributed by atoms with Crippen molar-refractivity contribution in [1.29, 1.82) is 0 Å². The summed E-state index contributed by atoms with van der Waals surface area (Å²) in [6.07, 6.45) is 1.95. The number of hydrogen-bond acceptors (Lipinski definition) is 5. The van der Waals surface area contributed by atoms with Crippen molar-refractivity contribution in [3.05, 3.63) is 23.5 Å². The molecule has 1 rings (SSSR count). The van der Waals surface area contributed by atoms with Crippen LogP contribution in [0.25, 0.3) is 0 Å². The molecule has 0 amide bonds. The van der Waals surface area contributed by atoms with E-state index in [9.17, 15) is 12.8 Å². The molecule has 1 aromatic carbocycles. The predicted octanol–water partition coefficient (Wildman–Crippen LogP) is 1.93. The maximum Gasteiger partial charge on any atom is 0.163 e. The molecule has 0 heterocycles. The van der Waals surface area contributed by atoms with E-state index in [4.69, 9.17) is 9.47 Å². The van der Waals surface area contributed by atoms with E-state index in [1.807, 2.05) is 6.92 Å². The summed E-state index contributed by atoms with van der Waals surface area (Å²) < 4.78 is 47.5. The maximum absolute atomic E-state index is 14.2. The Bertz CT molecular complexity index is 575.